The van der Waals surface area contributed by atoms with Gasteiger partial charge in [-0.1, -0.05) is 55.6 Å². The van der Waals surface area contributed by atoms with Gasteiger partial charge in [0.15, 0.2) is 0 Å². The Balaban J connectivity index is 1.79. The quantitative estimate of drug-likeness (QED) is 0.399. The molecule has 0 fully saturated rings. The van der Waals surface area contributed by atoms with Crippen LogP contribution in [-0.4, -0.2) is 33.2 Å². The zero-order chi connectivity index (χ0) is 24.5. The minimum Gasteiger partial charge on any atom is -0.394 e. The molecule has 1 heterocycles. The average molecular weight is 486 g/mol. The average Bonchev–Trinajstić information content (AvgIpc) is 2.82. The molecule has 1 amide bonds. The molecule has 180 valence electrons. The molecule has 6 nitrogen and oxygen atoms in total. The Morgan fingerprint density at radius 2 is 1.85 bits per heavy atom. The van der Waals surface area contributed by atoms with Crippen molar-refractivity contribution in [3.05, 3.63) is 87.2 Å². The van der Waals surface area contributed by atoms with Crippen molar-refractivity contribution in [2.45, 2.75) is 51.6 Å². The first-order valence-electron chi connectivity index (χ1n) is 11.4. The SMILES string of the molecule is CCCCCc1nc(-c2ccc(Cl)cc2)cc(=O)n1CC(=O)NC(CO)Cc1ccc(F)cc1. The van der Waals surface area contributed by atoms with E-state index in [0.717, 1.165) is 30.4 Å². The van der Waals surface area contributed by atoms with Crippen LogP contribution in [0, 0.1) is 5.82 Å². The molecule has 0 radical (unpaired) electrons. The number of amides is 1. The predicted octanol–water partition coefficient (Wildman–Crippen LogP) is 4.16. The van der Waals surface area contributed by atoms with Gasteiger partial charge in [0, 0.05) is 23.1 Å². The zero-order valence-electron chi connectivity index (χ0n) is 19.1. The minimum atomic E-state index is -0.557. The standard InChI is InChI=1S/C26H29ClFN3O3/c1-2-3-4-5-24-30-23(19-8-10-20(27)11-9-19)15-26(34)31(24)16-25(33)29-22(17-32)14-18-6-12-21(28)13-7-18/h6-13,15,22,32H,2-5,14,16-17H2,1H3,(H,29,33). The van der Waals surface area contributed by atoms with E-state index in [0.29, 0.717) is 29.4 Å². The number of hydrogen-bond acceptors (Lipinski definition) is 4. The third kappa shape index (κ3) is 7.23. The number of aliphatic hydroxyl groups is 1. The van der Waals surface area contributed by atoms with Gasteiger partial charge in [0.2, 0.25) is 5.91 Å². The summed E-state index contributed by atoms with van der Waals surface area (Å²) in [6.07, 6.45) is 3.75. The fraction of sp³-hybridized carbons (Fsp3) is 0.346. The number of aliphatic hydroxyl groups excluding tert-OH is 1. The molecule has 1 unspecified atom stereocenters. The third-order valence-electron chi connectivity index (χ3n) is 5.51. The lowest BCUT2D eigenvalue weighted by atomic mass is 10.1. The van der Waals surface area contributed by atoms with Gasteiger partial charge in [-0.25, -0.2) is 9.37 Å². The highest BCUT2D eigenvalue weighted by atomic mass is 35.5. The van der Waals surface area contributed by atoms with Gasteiger partial charge in [0.25, 0.3) is 5.56 Å². The summed E-state index contributed by atoms with van der Waals surface area (Å²) >= 11 is 5.97. The van der Waals surface area contributed by atoms with Gasteiger partial charge in [-0.2, -0.15) is 0 Å². The van der Waals surface area contributed by atoms with Crippen LogP contribution in [0.2, 0.25) is 5.02 Å². The molecule has 2 N–H and O–H groups in total. The minimum absolute atomic E-state index is 0.200. The van der Waals surface area contributed by atoms with Gasteiger partial charge in [-0.15, -0.1) is 0 Å². The summed E-state index contributed by atoms with van der Waals surface area (Å²) < 4.78 is 14.5. The van der Waals surface area contributed by atoms with E-state index in [4.69, 9.17) is 11.6 Å². The van der Waals surface area contributed by atoms with Crippen molar-refractivity contribution in [2.24, 2.45) is 0 Å². The van der Waals surface area contributed by atoms with Crippen molar-refractivity contribution in [1.29, 1.82) is 0 Å². The molecule has 3 rings (SSSR count). The molecule has 0 saturated carbocycles. The molecule has 0 spiro atoms. The van der Waals surface area contributed by atoms with Crippen LogP contribution in [0.1, 0.15) is 37.6 Å². The van der Waals surface area contributed by atoms with E-state index in [2.05, 4.69) is 17.2 Å². The molecule has 8 heteroatoms. The molecule has 34 heavy (non-hydrogen) atoms. The number of carbonyl (C=O) groups is 1. The van der Waals surface area contributed by atoms with Crippen molar-refractivity contribution in [3.8, 4) is 11.3 Å². The first-order valence-corrected chi connectivity index (χ1v) is 11.8. The van der Waals surface area contributed by atoms with Crippen molar-refractivity contribution in [2.75, 3.05) is 6.61 Å². The number of nitrogens with one attached hydrogen (secondary N) is 1. The lowest BCUT2D eigenvalue weighted by Crippen LogP contribution is -2.42. The fourth-order valence-electron chi connectivity index (χ4n) is 3.70. The summed E-state index contributed by atoms with van der Waals surface area (Å²) in [6, 6.07) is 13.8. The van der Waals surface area contributed by atoms with Gasteiger partial charge in [-0.3, -0.25) is 14.2 Å². The van der Waals surface area contributed by atoms with Crippen molar-refractivity contribution >= 4 is 17.5 Å². The number of aryl methyl sites for hydroxylation is 1. The Hall–Kier alpha value is -3.03. The Labute approximate surface area is 203 Å². The number of rotatable bonds is 11. The van der Waals surface area contributed by atoms with Crippen LogP contribution in [0.3, 0.4) is 0 Å². The highest BCUT2D eigenvalue weighted by Gasteiger charge is 2.17. The molecule has 0 aliphatic rings. The largest absolute Gasteiger partial charge is 0.394 e. The summed E-state index contributed by atoms with van der Waals surface area (Å²) in [6.45, 7) is 1.61. The molecule has 1 atom stereocenters. The third-order valence-corrected chi connectivity index (χ3v) is 5.77. The molecule has 0 aliphatic heterocycles. The predicted molar refractivity (Wildman–Crippen MR) is 131 cm³/mol. The van der Waals surface area contributed by atoms with E-state index in [1.807, 2.05) is 0 Å². The summed E-state index contributed by atoms with van der Waals surface area (Å²) in [4.78, 5) is 30.4. The van der Waals surface area contributed by atoms with Gasteiger partial charge in [0.05, 0.1) is 18.3 Å². The van der Waals surface area contributed by atoms with Gasteiger partial charge < -0.3 is 10.4 Å². The van der Waals surface area contributed by atoms with E-state index in [1.54, 1.807) is 36.4 Å². The Morgan fingerprint density at radius 3 is 2.50 bits per heavy atom. The molecule has 0 bridgehead atoms. The highest BCUT2D eigenvalue weighted by Crippen LogP contribution is 2.19. The normalized spacial score (nSPS) is 11.9. The lowest BCUT2D eigenvalue weighted by molar-refractivity contribution is -0.122. The van der Waals surface area contributed by atoms with Crippen LogP contribution in [0.25, 0.3) is 11.3 Å². The first kappa shape index (κ1) is 25.6. The fourth-order valence-corrected chi connectivity index (χ4v) is 3.82. The number of aromatic nitrogens is 2. The Morgan fingerprint density at radius 1 is 1.15 bits per heavy atom. The number of carbonyl (C=O) groups excluding carboxylic acids is 1. The van der Waals surface area contributed by atoms with Crippen LogP contribution in [0.15, 0.2) is 59.4 Å². The highest BCUT2D eigenvalue weighted by molar-refractivity contribution is 6.30. The topological polar surface area (TPSA) is 84.2 Å². The van der Waals surface area contributed by atoms with E-state index >= 15 is 0 Å². The van der Waals surface area contributed by atoms with Gasteiger partial charge in [-0.05, 0) is 42.7 Å². The molecule has 3 aromatic rings. The van der Waals surface area contributed by atoms with Crippen LogP contribution >= 0.6 is 11.6 Å². The molecular formula is C26H29ClFN3O3. The zero-order valence-corrected chi connectivity index (χ0v) is 19.9. The van der Waals surface area contributed by atoms with E-state index in [-0.39, 0.29) is 24.5 Å². The van der Waals surface area contributed by atoms with Crippen molar-refractivity contribution in [1.82, 2.24) is 14.9 Å². The van der Waals surface area contributed by atoms with Gasteiger partial charge >= 0.3 is 0 Å². The number of hydrogen-bond donors (Lipinski definition) is 2. The van der Waals surface area contributed by atoms with Crippen LogP contribution < -0.4 is 10.9 Å². The van der Waals surface area contributed by atoms with E-state index in [9.17, 15) is 19.1 Å². The number of unbranched alkanes of at least 4 members (excludes halogenated alkanes) is 2. The van der Waals surface area contributed by atoms with Crippen LogP contribution in [-0.2, 0) is 24.2 Å². The maximum atomic E-state index is 13.1. The monoisotopic (exact) mass is 485 g/mol. The molecule has 0 aliphatic carbocycles. The van der Waals surface area contributed by atoms with E-state index in [1.165, 1.54) is 22.8 Å². The number of nitrogens with zero attached hydrogens (tertiary/aromatic N) is 2. The lowest BCUT2D eigenvalue weighted by Gasteiger charge is -2.18. The second kappa shape index (κ2) is 12.4. The van der Waals surface area contributed by atoms with E-state index < -0.39 is 11.9 Å². The number of benzene rings is 2. The van der Waals surface area contributed by atoms with Crippen molar-refractivity contribution in [3.63, 3.8) is 0 Å². The molecular weight excluding hydrogens is 457 g/mol. The summed E-state index contributed by atoms with van der Waals surface area (Å²) in [5.41, 5.74) is 1.77. The second-order valence-electron chi connectivity index (χ2n) is 8.22. The number of halogens is 2. The molecule has 2 aromatic carbocycles. The Kier molecular flexibility index (Phi) is 9.36. The van der Waals surface area contributed by atoms with Gasteiger partial charge in [0.1, 0.15) is 18.2 Å². The van der Waals surface area contributed by atoms with Crippen LogP contribution in [0.4, 0.5) is 4.39 Å². The molecule has 0 saturated heterocycles. The Bertz CT molecular complexity index is 1150. The maximum absolute atomic E-state index is 13.1. The second-order valence-corrected chi connectivity index (χ2v) is 8.66. The van der Waals surface area contributed by atoms with Crippen molar-refractivity contribution < 1.29 is 14.3 Å². The summed E-state index contributed by atoms with van der Waals surface area (Å²) in [5.74, 6) is -0.209. The first-order chi connectivity index (χ1) is 16.4. The molecule has 1 aromatic heterocycles. The smallest absolute Gasteiger partial charge is 0.254 e. The summed E-state index contributed by atoms with van der Waals surface area (Å²) in [7, 11) is 0. The maximum Gasteiger partial charge on any atom is 0.254 e. The van der Waals surface area contributed by atoms with Crippen LogP contribution in [0.5, 0.6) is 0 Å². The summed E-state index contributed by atoms with van der Waals surface area (Å²) in [5, 5.41) is 13.1.